The molecule has 7 heteroatoms. The predicted octanol–water partition coefficient (Wildman–Crippen LogP) is 5.18. The highest BCUT2D eigenvalue weighted by Crippen LogP contribution is 2.37. The van der Waals surface area contributed by atoms with Gasteiger partial charge in [-0.1, -0.05) is 48.5 Å². The number of benzene rings is 3. The highest BCUT2D eigenvalue weighted by Gasteiger charge is 2.27. The molecule has 4 aromatic rings. The summed E-state index contributed by atoms with van der Waals surface area (Å²) in [5.41, 5.74) is 9.82. The highest BCUT2D eigenvalue weighted by molar-refractivity contribution is 7.16. The number of nitro groups is 1. The molecule has 0 radical (unpaired) electrons. The van der Waals surface area contributed by atoms with Crippen molar-refractivity contribution in [1.82, 2.24) is 4.90 Å². The van der Waals surface area contributed by atoms with Crippen molar-refractivity contribution in [3.05, 3.63) is 104 Å². The van der Waals surface area contributed by atoms with Crippen LogP contribution in [0.15, 0.2) is 66.7 Å². The third-order valence-corrected chi connectivity index (χ3v) is 7.00. The molecule has 2 heterocycles. The van der Waals surface area contributed by atoms with E-state index in [0.717, 1.165) is 39.7 Å². The van der Waals surface area contributed by atoms with Crippen LogP contribution in [0.3, 0.4) is 0 Å². The molecule has 0 unspecified atom stereocenters. The molecule has 0 spiro atoms. The zero-order chi connectivity index (χ0) is 22.2. The Morgan fingerprint density at radius 1 is 1.06 bits per heavy atom. The smallest absolute Gasteiger partial charge is 0.269 e. The fourth-order valence-corrected chi connectivity index (χ4v) is 5.48. The Bertz CT molecular complexity index is 1340. The zero-order valence-corrected chi connectivity index (χ0v) is 18.1. The summed E-state index contributed by atoms with van der Waals surface area (Å²) in [5.74, 6) is -0.0189. The van der Waals surface area contributed by atoms with Crippen molar-refractivity contribution >= 4 is 38.6 Å². The number of rotatable bonds is 5. The molecule has 0 aliphatic carbocycles. The van der Waals surface area contributed by atoms with Crippen molar-refractivity contribution in [2.75, 3.05) is 12.3 Å². The number of nitrogens with zero attached hydrogens (tertiary/aromatic N) is 2. The van der Waals surface area contributed by atoms with E-state index in [-0.39, 0.29) is 16.4 Å². The zero-order valence-electron chi connectivity index (χ0n) is 17.3. The second kappa shape index (κ2) is 8.18. The van der Waals surface area contributed by atoms with Gasteiger partial charge in [0.25, 0.3) is 5.69 Å². The maximum absolute atomic E-state index is 13.4. The van der Waals surface area contributed by atoms with Crippen LogP contribution < -0.4 is 5.73 Å². The minimum absolute atomic E-state index is 0.0189. The number of anilines is 1. The molecule has 1 aromatic heterocycles. The Morgan fingerprint density at radius 2 is 1.81 bits per heavy atom. The van der Waals surface area contributed by atoms with Gasteiger partial charge < -0.3 is 5.73 Å². The van der Waals surface area contributed by atoms with Crippen molar-refractivity contribution < 1.29 is 9.72 Å². The van der Waals surface area contributed by atoms with Gasteiger partial charge in [-0.2, -0.15) is 0 Å². The normalized spacial score (nSPS) is 13.8. The van der Waals surface area contributed by atoms with Crippen LogP contribution in [0.25, 0.3) is 10.8 Å². The van der Waals surface area contributed by atoms with Crippen molar-refractivity contribution in [3.63, 3.8) is 0 Å². The van der Waals surface area contributed by atoms with E-state index < -0.39 is 0 Å². The Hall–Kier alpha value is -3.55. The van der Waals surface area contributed by atoms with Crippen LogP contribution >= 0.6 is 11.3 Å². The van der Waals surface area contributed by atoms with E-state index in [0.29, 0.717) is 29.2 Å². The van der Waals surface area contributed by atoms with Gasteiger partial charge in [-0.05, 0) is 34.4 Å². The van der Waals surface area contributed by atoms with Crippen LogP contribution in [0.4, 0.5) is 10.7 Å². The predicted molar refractivity (Wildman–Crippen MR) is 127 cm³/mol. The number of hydrogen-bond donors (Lipinski definition) is 1. The average molecular weight is 444 g/mol. The third-order valence-electron chi connectivity index (χ3n) is 5.96. The van der Waals surface area contributed by atoms with Gasteiger partial charge in [0.05, 0.1) is 15.5 Å². The van der Waals surface area contributed by atoms with Crippen LogP contribution in [0.2, 0.25) is 0 Å². The molecule has 160 valence electrons. The van der Waals surface area contributed by atoms with Crippen LogP contribution in [0.1, 0.15) is 31.9 Å². The number of fused-ring (bicyclic) bond motifs is 2. The average Bonchev–Trinajstić information content (AvgIpc) is 3.13. The van der Waals surface area contributed by atoms with Crippen molar-refractivity contribution in [3.8, 4) is 0 Å². The number of nitrogen functional groups attached to an aromatic ring is 1. The van der Waals surface area contributed by atoms with Gasteiger partial charge in [-0.3, -0.25) is 19.8 Å². The van der Waals surface area contributed by atoms with Gasteiger partial charge in [0.1, 0.15) is 0 Å². The fraction of sp³-hybridized carbons (Fsp3) is 0.160. The lowest BCUT2D eigenvalue weighted by atomic mass is 9.95. The SMILES string of the molecule is Nc1sc2c(c1C(=O)c1ccc3ccccc3c1)CCN(Cc1ccc([N+](=O)[O-])cc1)C2. The van der Waals surface area contributed by atoms with Gasteiger partial charge in [-0.15, -0.1) is 11.3 Å². The number of carbonyl (C=O) groups excluding carboxylic acids is 1. The van der Waals surface area contributed by atoms with E-state index in [1.807, 2.05) is 42.5 Å². The molecular formula is C25H21N3O3S. The molecule has 0 atom stereocenters. The molecule has 5 rings (SSSR count). The molecule has 0 bridgehead atoms. The first-order valence-corrected chi connectivity index (χ1v) is 11.2. The largest absolute Gasteiger partial charge is 0.390 e. The molecule has 1 aliphatic rings. The van der Waals surface area contributed by atoms with Gasteiger partial charge in [0.15, 0.2) is 5.78 Å². The van der Waals surface area contributed by atoms with Gasteiger partial charge in [-0.25, -0.2) is 0 Å². The summed E-state index contributed by atoms with van der Waals surface area (Å²) in [5, 5.41) is 13.6. The Kier molecular flexibility index (Phi) is 5.20. The third kappa shape index (κ3) is 3.77. The first kappa shape index (κ1) is 20.4. The Morgan fingerprint density at radius 3 is 2.56 bits per heavy atom. The maximum Gasteiger partial charge on any atom is 0.269 e. The van der Waals surface area contributed by atoms with Crippen LogP contribution in [0, 0.1) is 10.1 Å². The summed E-state index contributed by atoms with van der Waals surface area (Å²) in [6.45, 7) is 2.22. The summed E-state index contributed by atoms with van der Waals surface area (Å²) in [4.78, 5) is 27.2. The molecule has 0 amide bonds. The number of thiophene rings is 1. The van der Waals surface area contributed by atoms with Crippen molar-refractivity contribution in [1.29, 1.82) is 0 Å². The fourth-order valence-electron chi connectivity index (χ4n) is 4.32. The number of hydrogen-bond acceptors (Lipinski definition) is 6. The molecule has 6 nitrogen and oxygen atoms in total. The van der Waals surface area contributed by atoms with Crippen LogP contribution in [-0.2, 0) is 19.5 Å². The standard InChI is InChI=1S/C25H21N3O3S/c26-25-23(24(29)19-8-7-17-3-1-2-4-18(17)13-19)21-11-12-27(15-22(21)32-25)14-16-5-9-20(10-6-16)28(30)31/h1-10,13H,11-12,14-15,26H2. The number of carbonyl (C=O) groups is 1. The summed E-state index contributed by atoms with van der Waals surface area (Å²) in [6.07, 6.45) is 0.755. The summed E-state index contributed by atoms with van der Waals surface area (Å²) >= 11 is 1.49. The minimum Gasteiger partial charge on any atom is -0.390 e. The lowest BCUT2D eigenvalue weighted by Crippen LogP contribution is -2.29. The van der Waals surface area contributed by atoms with E-state index in [4.69, 9.17) is 5.73 Å². The molecule has 32 heavy (non-hydrogen) atoms. The number of nitrogens with two attached hydrogens (primary N) is 1. The molecule has 0 saturated carbocycles. The molecule has 2 N–H and O–H groups in total. The van der Waals surface area contributed by atoms with Crippen molar-refractivity contribution in [2.45, 2.75) is 19.5 Å². The summed E-state index contributed by atoms with van der Waals surface area (Å²) < 4.78 is 0. The van der Waals surface area contributed by atoms with Gasteiger partial charge >= 0.3 is 0 Å². The maximum atomic E-state index is 13.4. The first-order chi connectivity index (χ1) is 15.5. The number of non-ortho nitro benzene ring substituents is 1. The number of ketones is 1. The molecule has 3 aromatic carbocycles. The molecule has 0 fully saturated rings. The topological polar surface area (TPSA) is 89.5 Å². The second-order valence-electron chi connectivity index (χ2n) is 8.02. The van der Waals surface area contributed by atoms with E-state index in [9.17, 15) is 14.9 Å². The summed E-state index contributed by atoms with van der Waals surface area (Å²) in [6, 6.07) is 20.4. The Balaban J connectivity index is 1.37. The molecular weight excluding hydrogens is 422 g/mol. The quantitative estimate of drug-likeness (QED) is 0.261. The highest BCUT2D eigenvalue weighted by atomic mass is 32.1. The first-order valence-electron chi connectivity index (χ1n) is 10.4. The van der Waals surface area contributed by atoms with E-state index in [1.54, 1.807) is 12.1 Å². The van der Waals surface area contributed by atoms with E-state index in [2.05, 4.69) is 4.90 Å². The number of nitro benzene ring substituents is 1. The monoisotopic (exact) mass is 443 g/mol. The molecule has 1 aliphatic heterocycles. The van der Waals surface area contributed by atoms with E-state index >= 15 is 0 Å². The van der Waals surface area contributed by atoms with Gasteiger partial charge in [0, 0.05) is 42.2 Å². The minimum atomic E-state index is -0.389. The van der Waals surface area contributed by atoms with Crippen molar-refractivity contribution in [2.24, 2.45) is 0 Å². The van der Waals surface area contributed by atoms with Crippen LogP contribution in [0.5, 0.6) is 0 Å². The van der Waals surface area contributed by atoms with Crippen LogP contribution in [-0.4, -0.2) is 22.2 Å². The second-order valence-corrected chi connectivity index (χ2v) is 9.16. The summed E-state index contributed by atoms with van der Waals surface area (Å²) in [7, 11) is 0. The lowest BCUT2D eigenvalue weighted by Gasteiger charge is -2.27. The van der Waals surface area contributed by atoms with E-state index in [1.165, 1.54) is 23.5 Å². The Labute approximate surface area is 189 Å². The lowest BCUT2D eigenvalue weighted by molar-refractivity contribution is -0.384. The molecule has 0 saturated heterocycles. The van der Waals surface area contributed by atoms with Gasteiger partial charge in [0.2, 0.25) is 0 Å².